The monoisotopic (exact) mass is 701 g/mol. The number of amides is 2. The molecule has 0 bridgehead atoms. The second-order valence-corrected chi connectivity index (χ2v) is 13.8. The predicted molar refractivity (Wildman–Crippen MR) is 181 cm³/mol. The van der Waals surface area contributed by atoms with Gasteiger partial charge in [-0.2, -0.15) is 0 Å². The third-order valence-electron chi connectivity index (χ3n) is 10.1. The number of ether oxygens (including phenoxy) is 3. The first-order chi connectivity index (χ1) is 23.1. The Labute approximate surface area is 289 Å². The van der Waals surface area contributed by atoms with Gasteiger partial charge in [-0.15, -0.1) is 0 Å². The molecule has 258 valence electrons. The van der Waals surface area contributed by atoms with Crippen LogP contribution in [0.2, 0.25) is 10.0 Å². The molecule has 13 heteroatoms. The third-order valence-corrected chi connectivity index (χ3v) is 10.7. The van der Waals surface area contributed by atoms with E-state index in [9.17, 15) is 19.5 Å². The van der Waals surface area contributed by atoms with Crippen molar-refractivity contribution in [3.05, 3.63) is 63.8 Å². The molecule has 2 amide bonds. The summed E-state index contributed by atoms with van der Waals surface area (Å²) in [4.78, 5) is 42.6. The second-order valence-electron chi connectivity index (χ2n) is 12.9. The van der Waals surface area contributed by atoms with Crippen LogP contribution in [-0.4, -0.2) is 104 Å². The van der Waals surface area contributed by atoms with Crippen LogP contribution < -0.4 is 5.32 Å². The van der Waals surface area contributed by atoms with Crippen molar-refractivity contribution in [1.82, 2.24) is 9.80 Å². The number of nitrogens with zero attached hydrogens (tertiary/aromatic N) is 2. The van der Waals surface area contributed by atoms with Crippen LogP contribution in [0, 0.1) is 5.92 Å². The average Bonchev–Trinajstić information content (AvgIpc) is 3.83. The lowest BCUT2D eigenvalue weighted by molar-refractivity contribution is -0.144. The Hall–Kier alpha value is -3.19. The van der Waals surface area contributed by atoms with Crippen LogP contribution in [0.3, 0.4) is 0 Å². The van der Waals surface area contributed by atoms with Gasteiger partial charge in [-0.3, -0.25) is 19.3 Å². The van der Waals surface area contributed by atoms with E-state index in [1.165, 1.54) is 6.26 Å². The number of carbonyl (C=O) groups excluding carboxylic acids is 2. The molecule has 3 aliphatic rings. The van der Waals surface area contributed by atoms with Gasteiger partial charge in [0.05, 0.1) is 59.6 Å². The Kier molecular flexibility index (Phi) is 10.9. The van der Waals surface area contributed by atoms with Gasteiger partial charge in [-0.05, 0) is 55.9 Å². The Balaban J connectivity index is 1.14. The Morgan fingerprint density at radius 2 is 1.69 bits per heavy atom. The molecule has 3 aromatic rings. The van der Waals surface area contributed by atoms with E-state index in [1.54, 1.807) is 38.5 Å². The van der Waals surface area contributed by atoms with Gasteiger partial charge in [0, 0.05) is 50.3 Å². The molecule has 1 aliphatic carbocycles. The highest BCUT2D eigenvalue weighted by Crippen LogP contribution is 2.34. The van der Waals surface area contributed by atoms with Gasteiger partial charge in [-0.25, -0.2) is 0 Å². The third kappa shape index (κ3) is 7.51. The molecule has 1 saturated carbocycles. The number of para-hydroxylation sites is 1. The maximum atomic E-state index is 14.0. The lowest BCUT2D eigenvalue weighted by atomic mass is 9.87. The molecule has 2 saturated heterocycles. The number of likely N-dealkylation sites (tertiary alicyclic amines) is 2. The molecule has 2 aliphatic heterocycles. The average molecular weight is 703 g/mol. The van der Waals surface area contributed by atoms with Crippen LogP contribution in [0.4, 0.5) is 5.69 Å². The fourth-order valence-electron chi connectivity index (χ4n) is 7.29. The number of furan rings is 1. The first kappa shape index (κ1) is 34.7. The van der Waals surface area contributed by atoms with Crippen molar-refractivity contribution in [2.24, 2.45) is 5.92 Å². The smallest absolute Gasteiger partial charge is 0.306 e. The maximum absolute atomic E-state index is 14.0. The molecule has 3 heterocycles. The topological polar surface area (TPSA) is 131 Å². The molecule has 6 rings (SSSR count). The van der Waals surface area contributed by atoms with Crippen molar-refractivity contribution in [2.45, 2.75) is 68.9 Å². The quantitative estimate of drug-likeness (QED) is 0.266. The van der Waals surface area contributed by atoms with Crippen LogP contribution in [-0.2, 0) is 30.2 Å². The summed E-state index contributed by atoms with van der Waals surface area (Å²) in [6.45, 7) is 2.29. The molecule has 0 unspecified atom stereocenters. The van der Waals surface area contributed by atoms with E-state index in [4.69, 9.17) is 41.8 Å². The standard InChI is InChI=1S/C35H41Cl2N3O8/c1-45-31-16-39(17-32(31)46-2)22-13-23(18-47-24-9-7-20(8-10-24)35(43)44)40(15-22)33(41)12-21-11-28(37)29(14-27(21)36)38-34(42)26-19-48-30-6-4-3-5-25(26)30/h3-6,11,14,19-20,22-24,31-32H,7-10,12-13,15-18H2,1-2H3,(H,38,42)(H,43,44)/t20-,22-,23-,24-,31-,32-/m0/s1. The first-order valence-corrected chi connectivity index (χ1v) is 17.1. The minimum absolute atomic E-state index is 0.0213. The number of aliphatic carboxylic acids is 1. The van der Waals surface area contributed by atoms with Gasteiger partial charge in [0.1, 0.15) is 11.8 Å². The second kappa shape index (κ2) is 15.1. The number of nitrogens with one attached hydrogen (secondary N) is 1. The number of fused-ring (bicyclic) bond motifs is 1. The number of rotatable bonds is 11. The number of hydrogen-bond donors (Lipinski definition) is 2. The molecule has 0 radical (unpaired) electrons. The summed E-state index contributed by atoms with van der Waals surface area (Å²) in [7, 11) is 3.37. The number of anilines is 1. The zero-order chi connectivity index (χ0) is 33.9. The van der Waals surface area contributed by atoms with E-state index >= 15 is 0 Å². The highest BCUT2D eigenvalue weighted by molar-refractivity contribution is 6.36. The Morgan fingerprint density at radius 3 is 2.38 bits per heavy atom. The zero-order valence-corrected chi connectivity index (χ0v) is 28.5. The summed E-state index contributed by atoms with van der Waals surface area (Å²) in [6.07, 6.45) is 4.58. The van der Waals surface area contributed by atoms with Crippen molar-refractivity contribution in [3.8, 4) is 0 Å². The molecule has 3 fully saturated rings. The van der Waals surface area contributed by atoms with Crippen molar-refractivity contribution < 1.29 is 38.1 Å². The summed E-state index contributed by atoms with van der Waals surface area (Å²) < 4.78 is 23.2. The number of benzene rings is 2. The van der Waals surface area contributed by atoms with Crippen molar-refractivity contribution >= 4 is 57.6 Å². The highest BCUT2D eigenvalue weighted by Gasteiger charge is 2.43. The van der Waals surface area contributed by atoms with Crippen LogP contribution >= 0.6 is 23.2 Å². The van der Waals surface area contributed by atoms with Gasteiger partial charge in [0.15, 0.2) is 0 Å². The van der Waals surface area contributed by atoms with Crippen molar-refractivity contribution in [1.29, 1.82) is 0 Å². The van der Waals surface area contributed by atoms with Gasteiger partial charge in [0.25, 0.3) is 5.91 Å². The maximum Gasteiger partial charge on any atom is 0.306 e. The number of carbonyl (C=O) groups is 3. The first-order valence-electron chi connectivity index (χ1n) is 16.3. The lowest BCUT2D eigenvalue weighted by Gasteiger charge is -2.30. The number of carboxylic acid groups (broad SMARTS) is 1. The lowest BCUT2D eigenvalue weighted by Crippen LogP contribution is -2.41. The van der Waals surface area contributed by atoms with E-state index in [0.717, 1.165) is 6.42 Å². The SMILES string of the molecule is CO[C@H]1CN([C@H]2C[C@@H](CO[C@H]3CC[C@H](C(=O)O)CC3)N(C(=O)Cc3cc(Cl)c(NC(=O)c4coc5ccccc45)cc3Cl)C2)C[C@@H]1OC. The number of carboxylic acids is 1. The minimum atomic E-state index is -0.751. The van der Waals surface area contributed by atoms with Crippen LogP contribution in [0.15, 0.2) is 47.1 Å². The van der Waals surface area contributed by atoms with Crippen LogP contribution in [0.1, 0.15) is 48.0 Å². The Bertz CT molecular complexity index is 1630. The van der Waals surface area contributed by atoms with Gasteiger partial charge in [0.2, 0.25) is 5.91 Å². The molecule has 11 nitrogen and oxygen atoms in total. The van der Waals surface area contributed by atoms with E-state index in [1.807, 2.05) is 17.0 Å². The van der Waals surface area contributed by atoms with Gasteiger partial charge in [-0.1, -0.05) is 41.4 Å². The minimum Gasteiger partial charge on any atom is -0.481 e. The fourth-order valence-corrected chi connectivity index (χ4v) is 7.76. The number of hydrogen-bond acceptors (Lipinski definition) is 8. The van der Waals surface area contributed by atoms with Crippen molar-refractivity contribution in [2.75, 3.05) is 45.8 Å². The summed E-state index contributed by atoms with van der Waals surface area (Å²) >= 11 is 13.3. The molecule has 2 N–H and O–H groups in total. The van der Waals surface area contributed by atoms with E-state index in [0.29, 0.717) is 84.7 Å². The van der Waals surface area contributed by atoms with Crippen LogP contribution in [0.25, 0.3) is 11.0 Å². The van der Waals surface area contributed by atoms with Crippen LogP contribution in [0.5, 0.6) is 0 Å². The number of halogens is 2. The summed E-state index contributed by atoms with van der Waals surface area (Å²) in [6, 6.07) is 10.4. The van der Waals surface area contributed by atoms with Gasteiger partial charge < -0.3 is 34.0 Å². The molecular weight excluding hydrogens is 661 g/mol. The molecule has 0 spiro atoms. The van der Waals surface area contributed by atoms with E-state index < -0.39 is 11.9 Å². The van der Waals surface area contributed by atoms with Crippen molar-refractivity contribution in [3.63, 3.8) is 0 Å². The molecule has 48 heavy (non-hydrogen) atoms. The Morgan fingerprint density at radius 1 is 0.979 bits per heavy atom. The van der Waals surface area contributed by atoms with E-state index in [2.05, 4.69) is 10.2 Å². The molecule has 1 aromatic heterocycles. The summed E-state index contributed by atoms with van der Waals surface area (Å²) in [5, 5.41) is 13.4. The predicted octanol–water partition coefficient (Wildman–Crippen LogP) is 5.51. The molecular formula is C35H41Cl2N3O8. The van der Waals surface area contributed by atoms with E-state index in [-0.39, 0.29) is 53.7 Å². The summed E-state index contributed by atoms with van der Waals surface area (Å²) in [5.41, 5.74) is 1.84. The molecule has 4 atom stereocenters. The van der Waals surface area contributed by atoms with Gasteiger partial charge >= 0.3 is 5.97 Å². The largest absolute Gasteiger partial charge is 0.481 e. The normalized spacial score (nSPS) is 26.3. The number of methoxy groups -OCH3 is 2. The summed E-state index contributed by atoms with van der Waals surface area (Å²) in [5.74, 6) is -1.57. The zero-order valence-electron chi connectivity index (χ0n) is 27.0. The fraction of sp³-hybridized carbons (Fsp3) is 0.514. The highest BCUT2D eigenvalue weighted by atomic mass is 35.5. The molecule has 2 aromatic carbocycles.